The van der Waals surface area contributed by atoms with E-state index in [1.807, 2.05) is 12.2 Å². The first-order valence-corrected chi connectivity index (χ1v) is 7.44. The Bertz CT molecular complexity index is 688. The highest BCUT2D eigenvalue weighted by molar-refractivity contribution is 6.21. The van der Waals surface area contributed by atoms with E-state index in [9.17, 15) is 19.5 Å². The quantitative estimate of drug-likeness (QED) is 0.682. The maximum Gasteiger partial charge on any atom is 0.307 e. The first kappa shape index (κ1) is 13.2. The van der Waals surface area contributed by atoms with E-state index in [2.05, 4.69) is 0 Å². The van der Waals surface area contributed by atoms with Crippen LogP contribution in [0.2, 0.25) is 0 Å². The zero-order valence-electron chi connectivity index (χ0n) is 11.8. The Morgan fingerprint density at radius 2 is 1.68 bits per heavy atom. The van der Waals surface area contributed by atoms with Crippen LogP contribution in [0.25, 0.3) is 0 Å². The number of carbonyl (C=O) groups is 3. The molecule has 1 fully saturated rings. The fraction of sp³-hybridized carbons (Fsp3) is 0.353. The molecule has 112 valence electrons. The predicted octanol–water partition coefficient (Wildman–Crippen LogP) is 1.81. The van der Waals surface area contributed by atoms with Crippen molar-refractivity contribution >= 4 is 17.8 Å². The van der Waals surface area contributed by atoms with Gasteiger partial charge in [-0.3, -0.25) is 19.3 Å². The molecule has 1 N–H and O–H groups in total. The van der Waals surface area contributed by atoms with Gasteiger partial charge in [0.25, 0.3) is 11.8 Å². The summed E-state index contributed by atoms with van der Waals surface area (Å²) in [7, 11) is 0. The highest BCUT2D eigenvalue weighted by Crippen LogP contribution is 2.48. The molecule has 3 aliphatic rings. The molecule has 1 aromatic rings. The molecule has 0 radical (unpaired) electrons. The highest BCUT2D eigenvalue weighted by Gasteiger charge is 2.50. The number of aliphatic carboxylic acids is 1. The lowest BCUT2D eigenvalue weighted by atomic mass is 9.82. The third kappa shape index (κ3) is 1.68. The van der Waals surface area contributed by atoms with Gasteiger partial charge in [-0.15, -0.1) is 0 Å². The minimum Gasteiger partial charge on any atom is -0.481 e. The molecule has 1 aromatic carbocycles. The Morgan fingerprint density at radius 1 is 1.09 bits per heavy atom. The van der Waals surface area contributed by atoms with E-state index < -0.39 is 11.9 Å². The fourth-order valence-electron chi connectivity index (χ4n) is 4.16. The molecule has 2 aliphatic carbocycles. The minimum absolute atomic E-state index is 0.0303. The molecule has 22 heavy (non-hydrogen) atoms. The zero-order chi connectivity index (χ0) is 15.4. The Morgan fingerprint density at radius 3 is 2.27 bits per heavy atom. The van der Waals surface area contributed by atoms with Crippen molar-refractivity contribution in [2.45, 2.75) is 6.42 Å². The number of allylic oxidation sites excluding steroid dienone is 2. The summed E-state index contributed by atoms with van der Waals surface area (Å²) in [6, 6.07) is 6.75. The number of nitrogens with zero attached hydrogens (tertiary/aromatic N) is 1. The lowest BCUT2D eigenvalue weighted by Gasteiger charge is -2.28. The van der Waals surface area contributed by atoms with E-state index >= 15 is 0 Å². The fourth-order valence-corrected chi connectivity index (χ4v) is 4.16. The normalized spacial score (nSPS) is 31.9. The summed E-state index contributed by atoms with van der Waals surface area (Å²) < 4.78 is 0. The molecule has 0 spiro atoms. The van der Waals surface area contributed by atoms with Crippen LogP contribution in [0, 0.1) is 23.7 Å². The summed E-state index contributed by atoms with van der Waals surface area (Å²) in [5.41, 5.74) is 0.830. The average molecular weight is 297 g/mol. The molecule has 5 nitrogen and oxygen atoms in total. The SMILES string of the molecule is O=C(O)C1C2C=CC(C2)C1CN1C(=O)c2ccccc2C1=O. The van der Waals surface area contributed by atoms with E-state index in [0.29, 0.717) is 11.1 Å². The summed E-state index contributed by atoms with van der Waals surface area (Å²) in [6.45, 7) is 0.189. The molecule has 1 aliphatic heterocycles. The van der Waals surface area contributed by atoms with Crippen LogP contribution in [-0.2, 0) is 4.79 Å². The maximum absolute atomic E-state index is 12.4. The molecule has 0 aromatic heterocycles. The summed E-state index contributed by atoms with van der Waals surface area (Å²) in [5, 5.41) is 9.46. The van der Waals surface area contributed by atoms with Gasteiger partial charge in [0.05, 0.1) is 17.0 Å². The van der Waals surface area contributed by atoms with Crippen LogP contribution < -0.4 is 0 Å². The molecule has 0 saturated heterocycles. The lowest BCUT2D eigenvalue weighted by molar-refractivity contribution is -0.144. The Labute approximate surface area is 127 Å². The number of imide groups is 1. The molecule has 5 heteroatoms. The van der Waals surface area contributed by atoms with Crippen molar-refractivity contribution in [1.82, 2.24) is 4.90 Å². The van der Waals surface area contributed by atoms with Crippen molar-refractivity contribution < 1.29 is 19.5 Å². The van der Waals surface area contributed by atoms with Crippen LogP contribution in [0.1, 0.15) is 27.1 Å². The van der Waals surface area contributed by atoms with Gasteiger partial charge < -0.3 is 5.11 Å². The summed E-state index contributed by atoms with van der Waals surface area (Å²) in [5.74, 6) is -1.96. The monoisotopic (exact) mass is 297 g/mol. The Kier molecular flexibility index (Phi) is 2.73. The van der Waals surface area contributed by atoms with E-state index in [0.717, 1.165) is 6.42 Å². The van der Waals surface area contributed by atoms with Gasteiger partial charge in [-0.25, -0.2) is 0 Å². The maximum atomic E-state index is 12.4. The molecule has 4 atom stereocenters. The summed E-state index contributed by atoms with van der Waals surface area (Å²) in [4.78, 5) is 37.6. The first-order valence-electron chi connectivity index (χ1n) is 7.44. The number of amides is 2. The second-order valence-corrected chi connectivity index (χ2v) is 6.24. The van der Waals surface area contributed by atoms with Crippen molar-refractivity contribution in [3.63, 3.8) is 0 Å². The average Bonchev–Trinajstić information content (AvgIpc) is 3.17. The number of carboxylic acids is 1. The van der Waals surface area contributed by atoms with Gasteiger partial charge in [-0.2, -0.15) is 0 Å². The molecule has 2 bridgehead atoms. The topological polar surface area (TPSA) is 74.7 Å². The molecule has 2 amide bonds. The smallest absolute Gasteiger partial charge is 0.307 e. The first-order chi connectivity index (χ1) is 10.6. The van der Waals surface area contributed by atoms with Gasteiger partial charge in [-0.05, 0) is 36.3 Å². The van der Waals surface area contributed by atoms with Crippen molar-refractivity contribution in [3.05, 3.63) is 47.5 Å². The number of carboxylic acid groups (broad SMARTS) is 1. The number of fused-ring (bicyclic) bond motifs is 3. The van der Waals surface area contributed by atoms with Gasteiger partial charge in [0.2, 0.25) is 0 Å². The Hall–Kier alpha value is -2.43. The highest BCUT2D eigenvalue weighted by atomic mass is 16.4. The molecular weight excluding hydrogens is 282 g/mol. The minimum atomic E-state index is -0.835. The van der Waals surface area contributed by atoms with Crippen LogP contribution in [0.15, 0.2) is 36.4 Å². The van der Waals surface area contributed by atoms with Crippen molar-refractivity contribution in [2.75, 3.05) is 6.54 Å². The van der Waals surface area contributed by atoms with Gasteiger partial charge in [-0.1, -0.05) is 24.3 Å². The molecule has 4 unspecified atom stereocenters. The van der Waals surface area contributed by atoms with Gasteiger partial charge >= 0.3 is 5.97 Å². The molecule has 1 saturated carbocycles. The number of rotatable bonds is 3. The lowest BCUT2D eigenvalue weighted by Crippen LogP contribution is -2.40. The second-order valence-electron chi connectivity index (χ2n) is 6.24. The largest absolute Gasteiger partial charge is 0.481 e. The molecule has 4 rings (SSSR count). The van der Waals surface area contributed by atoms with E-state index in [1.54, 1.807) is 24.3 Å². The molecular formula is C17H15NO4. The third-order valence-electron chi connectivity index (χ3n) is 5.18. The van der Waals surface area contributed by atoms with Gasteiger partial charge in [0.1, 0.15) is 0 Å². The standard InChI is InChI=1S/C17H15NO4/c19-15-11-3-1-2-4-12(11)16(20)18(15)8-13-9-5-6-10(7-9)14(13)17(21)22/h1-6,9-10,13-14H,7-8H2,(H,21,22). The number of carbonyl (C=O) groups excluding carboxylic acids is 2. The predicted molar refractivity (Wildman–Crippen MR) is 77.2 cm³/mol. The second kappa shape index (κ2) is 4.53. The zero-order valence-corrected chi connectivity index (χ0v) is 11.8. The van der Waals surface area contributed by atoms with Crippen LogP contribution in [0.5, 0.6) is 0 Å². The van der Waals surface area contributed by atoms with E-state index in [-0.39, 0.29) is 36.1 Å². The molecule has 1 heterocycles. The van der Waals surface area contributed by atoms with E-state index in [4.69, 9.17) is 0 Å². The number of hydrogen-bond acceptors (Lipinski definition) is 3. The van der Waals surface area contributed by atoms with Crippen LogP contribution >= 0.6 is 0 Å². The van der Waals surface area contributed by atoms with Gasteiger partial charge in [0.15, 0.2) is 0 Å². The van der Waals surface area contributed by atoms with Crippen LogP contribution in [0.4, 0.5) is 0 Å². The summed E-state index contributed by atoms with van der Waals surface area (Å²) in [6.07, 6.45) is 4.81. The van der Waals surface area contributed by atoms with Crippen molar-refractivity contribution in [3.8, 4) is 0 Å². The van der Waals surface area contributed by atoms with Gasteiger partial charge in [0, 0.05) is 6.54 Å². The van der Waals surface area contributed by atoms with E-state index in [1.165, 1.54) is 4.90 Å². The number of benzene rings is 1. The van der Waals surface area contributed by atoms with Crippen molar-refractivity contribution in [2.24, 2.45) is 23.7 Å². The summed E-state index contributed by atoms with van der Waals surface area (Å²) >= 11 is 0. The third-order valence-corrected chi connectivity index (χ3v) is 5.18. The van der Waals surface area contributed by atoms with Crippen molar-refractivity contribution in [1.29, 1.82) is 0 Å². The van der Waals surface area contributed by atoms with Crippen LogP contribution in [-0.4, -0.2) is 34.3 Å². The number of hydrogen-bond donors (Lipinski definition) is 1. The Balaban J connectivity index is 1.63. The van der Waals surface area contributed by atoms with Crippen LogP contribution in [0.3, 0.4) is 0 Å².